The van der Waals surface area contributed by atoms with Crippen LogP contribution in [0.15, 0.2) is 165 Å². The van der Waals surface area contributed by atoms with Gasteiger partial charge in [-0.2, -0.15) is 45.7 Å². The summed E-state index contributed by atoms with van der Waals surface area (Å²) in [5.74, 6) is -3.63. The van der Waals surface area contributed by atoms with Crippen molar-refractivity contribution in [3.63, 3.8) is 0 Å². The van der Waals surface area contributed by atoms with Crippen molar-refractivity contribution in [3.05, 3.63) is 198 Å². The van der Waals surface area contributed by atoms with Crippen molar-refractivity contribution in [2.45, 2.75) is 37.4 Å². The lowest BCUT2D eigenvalue weighted by atomic mass is 9.96. The fourth-order valence-corrected chi connectivity index (χ4v) is 15.8. The highest BCUT2D eigenvalue weighted by molar-refractivity contribution is 6.36. The third-order valence-electron chi connectivity index (χ3n) is 20.2. The first-order chi connectivity index (χ1) is 55.4. The number of ether oxygens (including phenoxy) is 3. The van der Waals surface area contributed by atoms with Crippen molar-refractivity contribution < 1.29 is 61.5 Å². The van der Waals surface area contributed by atoms with Crippen LogP contribution in [0, 0.1) is 51.4 Å². The summed E-state index contributed by atoms with van der Waals surface area (Å²) in [6.45, 7) is 12.6. The van der Waals surface area contributed by atoms with Gasteiger partial charge >= 0.3 is 18.0 Å². The second-order valence-corrected chi connectivity index (χ2v) is 28.1. The molecule has 0 bridgehead atoms. The summed E-state index contributed by atoms with van der Waals surface area (Å²) >= 11 is 20.1. The van der Waals surface area contributed by atoms with Crippen molar-refractivity contribution in [2.24, 2.45) is 0 Å². The smallest absolute Gasteiger partial charge is 0.318 e. The molecule has 31 heteroatoms. The highest BCUT2D eigenvalue weighted by Crippen LogP contribution is 2.47. The number of benzene rings is 9. The number of hydrogen-bond donors (Lipinski definition) is 3. The summed E-state index contributed by atoms with van der Waals surface area (Å²) in [6, 6.07) is 40.4. The normalized spacial score (nSPS) is 15.5. The topological polar surface area (TPSA) is 308 Å². The first kappa shape index (κ1) is 79.7. The van der Waals surface area contributed by atoms with Gasteiger partial charge in [0.05, 0.1) is 92.0 Å². The molecule has 582 valence electrons. The predicted octanol–water partition coefficient (Wildman–Crippen LogP) is 15.5. The van der Waals surface area contributed by atoms with Gasteiger partial charge in [-0.05, 0) is 116 Å². The van der Waals surface area contributed by atoms with E-state index in [1.165, 1.54) is 56.6 Å². The molecule has 0 spiro atoms. The quantitative estimate of drug-likeness (QED) is 0.0634. The van der Waals surface area contributed by atoms with Gasteiger partial charge in [0.2, 0.25) is 11.8 Å². The van der Waals surface area contributed by atoms with E-state index in [9.17, 15) is 49.9 Å². The SMILES string of the molecule is C=C(F)C(=O)N1CCN(c2nc(OC)nc3c(F)c(-c4cc(O)cc5ccccc45)c(Cl)cc23)C[C@@H]1CC#N.C=CC(=O)N1CCN(c2nc(OC)nc3c(F)c(-c4cc(O)cc5ccccc45)c(Cl)cc23)C[C@@H]1CC#N.C=CC(=O)N1CCN(c2nc(OC)nc3c(F)c(-c4cc(O)cc5ccccc45)c(Cl)cc23)C[C@@H]1CC#N. The number of anilines is 3. The molecule has 12 aromatic rings. The summed E-state index contributed by atoms with van der Waals surface area (Å²) in [5, 5.41) is 64.6. The zero-order chi connectivity index (χ0) is 81.8. The molecule has 3 amide bonds. The maximum absolute atomic E-state index is 16.3. The van der Waals surface area contributed by atoms with Crippen LogP contribution in [-0.2, 0) is 14.4 Å². The number of fused-ring (bicyclic) bond motifs is 6. The number of aromatic nitrogens is 6. The molecule has 24 nitrogen and oxygen atoms in total. The molecule has 9 aromatic carbocycles. The zero-order valence-corrected chi connectivity index (χ0v) is 64.0. The zero-order valence-electron chi connectivity index (χ0n) is 61.8. The monoisotopic (exact) mass is 1610 g/mol. The molecule has 3 fully saturated rings. The Morgan fingerprint density at radius 3 is 1.03 bits per heavy atom. The predicted molar refractivity (Wildman–Crippen MR) is 431 cm³/mol. The first-order valence-electron chi connectivity index (χ1n) is 35.7. The second-order valence-electron chi connectivity index (χ2n) is 26.8. The number of rotatable bonds is 15. The van der Waals surface area contributed by atoms with Gasteiger partial charge in [0.25, 0.3) is 5.91 Å². The number of nitriles is 3. The molecular weight excluding hydrogens is 1550 g/mol. The molecule has 0 radical (unpaired) electrons. The Hall–Kier alpha value is -13.3. The fraction of sp³-hybridized carbons (Fsp3) is 0.214. The number of phenols is 3. The van der Waals surface area contributed by atoms with Gasteiger partial charge in [0.15, 0.2) is 23.3 Å². The number of methoxy groups -OCH3 is 3. The summed E-state index contributed by atoms with van der Waals surface area (Å²) in [6.07, 6.45) is 2.62. The minimum atomic E-state index is -1.11. The lowest BCUT2D eigenvalue weighted by Crippen LogP contribution is -2.55. The molecule has 0 saturated carbocycles. The summed E-state index contributed by atoms with van der Waals surface area (Å²) < 4.78 is 78.4. The average molecular weight is 1610 g/mol. The lowest BCUT2D eigenvalue weighted by molar-refractivity contribution is -0.131. The number of hydrogen-bond acceptors (Lipinski definition) is 21. The molecule has 0 unspecified atom stereocenters. The molecule has 15 rings (SSSR count). The van der Waals surface area contributed by atoms with E-state index in [2.05, 4.69) is 61.8 Å². The van der Waals surface area contributed by atoms with E-state index < -0.39 is 47.3 Å². The van der Waals surface area contributed by atoms with Crippen LogP contribution in [0.5, 0.6) is 35.3 Å². The Bertz CT molecular complexity index is 5880. The van der Waals surface area contributed by atoms with E-state index in [0.717, 1.165) is 10.8 Å². The van der Waals surface area contributed by atoms with Gasteiger partial charge in [-0.3, -0.25) is 14.4 Å². The Morgan fingerprint density at radius 2 is 0.748 bits per heavy atom. The van der Waals surface area contributed by atoms with E-state index in [0.29, 0.717) is 106 Å². The molecule has 3 aliphatic rings. The third-order valence-corrected chi connectivity index (χ3v) is 21.1. The molecule has 3 N–H and O–H groups in total. The molecule has 115 heavy (non-hydrogen) atoms. The molecular formula is C84H68Cl3F4N15O9. The van der Waals surface area contributed by atoms with Gasteiger partial charge < -0.3 is 58.9 Å². The van der Waals surface area contributed by atoms with Crippen molar-refractivity contribution >= 4 is 135 Å². The number of nitrogens with zero attached hydrogens (tertiary/aromatic N) is 15. The van der Waals surface area contributed by atoms with Crippen LogP contribution >= 0.6 is 34.8 Å². The number of aromatic hydroxyl groups is 3. The Labute approximate surface area is 670 Å². The number of amides is 3. The van der Waals surface area contributed by atoms with E-state index in [1.54, 1.807) is 69.3 Å². The van der Waals surface area contributed by atoms with Crippen LogP contribution in [0.1, 0.15) is 19.3 Å². The number of phenolic OH excluding ortho intramolecular Hbond substituents is 3. The number of piperazine rings is 3. The fourth-order valence-electron chi connectivity index (χ4n) is 14.9. The van der Waals surface area contributed by atoms with E-state index in [-0.39, 0.29) is 140 Å². The van der Waals surface area contributed by atoms with Gasteiger partial charge in [0.1, 0.15) is 51.3 Å². The maximum Gasteiger partial charge on any atom is 0.318 e. The number of carbonyl (C=O) groups is 3. The van der Waals surface area contributed by atoms with Gasteiger partial charge in [0, 0.05) is 91.8 Å². The van der Waals surface area contributed by atoms with Crippen molar-refractivity contribution in [1.82, 2.24) is 44.6 Å². The van der Waals surface area contributed by atoms with Crippen LogP contribution in [0.3, 0.4) is 0 Å². The molecule has 3 aliphatic heterocycles. The summed E-state index contributed by atoms with van der Waals surface area (Å²) in [4.78, 5) is 73.3. The maximum atomic E-state index is 16.3. The van der Waals surface area contributed by atoms with Gasteiger partial charge in [-0.1, -0.05) is 127 Å². The van der Waals surface area contributed by atoms with E-state index in [1.807, 2.05) is 70.5 Å². The van der Waals surface area contributed by atoms with Crippen LogP contribution in [-0.4, -0.2) is 176 Å². The van der Waals surface area contributed by atoms with Crippen LogP contribution in [0.4, 0.5) is 35.0 Å². The average Bonchev–Trinajstić information content (AvgIpc) is 0.751. The summed E-state index contributed by atoms with van der Waals surface area (Å²) in [5.41, 5.74) is 1.44. The van der Waals surface area contributed by atoms with Crippen molar-refractivity contribution in [1.29, 1.82) is 15.8 Å². The molecule has 0 aliphatic carbocycles. The van der Waals surface area contributed by atoms with Crippen LogP contribution < -0.4 is 28.9 Å². The second kappa shape index (κ2) is 33.9. The van der Waals surface area contributed by atoms with Gasteiger partial charge in [-0.15, -0.1) is 0 Å². The molecule has 6 heterocycles. The standard InChI is InChI=1S/C28H22ClF2N5O3.2C28H23ClFN5O3/c1-15(30)27(38)36-10-9-35(14-17(36)7-8-32)26-21-13-22(29)23(24(31)25(21)33-28(34-26)39-2)20-12-18(37)11-16-5-3-4-6-19(16)20;2*1-3-23(37)35-11-10-34(15-17(35)8-9-31)27-21-14-22(29)24(25(30)26(21)32-28(33-27)38-2)20-13-18(36)12-16-6-4-5-7-19(16)20/h3-6,11-13,17,37H,1,7,9-10,14H2,2H3;2*3-7,12-14,17,36H,1,8,10-11,15H2,2H3/t3*17-/m000/s1. The third kappa shape index (κ3) is 15.7. The van der Waals surface area contributed by atoms with Crippen LogP contribution in [0.25, 0.3) is 98.4 Å². The highest BCUT2D eigenvalue weighted by Gasteiger charge is 2.37. The van der Waals surface area contributed by atoms with Crippen molar-refractivity contribution in [2.75, 3.05) is 94.9 Å². The van der Waals surface area contributed by atoms with Crippen molar-refractivity contribution in [3.8, 4) is 86.9 Å². The molecule has 3 atom stereocenters. The molecule has 3 aromatic heterocycles. The van der Waals surface area contributed by atoms with Gasteiger partial charge in [-0.25, -0.2) is 17.6 Å². The first-order valence-corrected chi connectivity index (χ1v) is 36.8. The Balaban J connectivity index is 0.000000150. The Kier molecular flexibility index (Phi) is 23.5. The highest BCUT2D eigenvalue weighted by atomic mass is 35.5. The summed E-state index contributed by atoms with van der Waals surface area (Å²) in [7, 11) is 4.13. The Morgan fingerprint density at radius 1 is 0.461 bits per heavy atom. The number of halogens is 7. The van der Waals surface area contributed by atoms with Crippen LogP contribution in [0.2, 0.25) is 15.1 Å². The number of carbonyl (C=O) groups excluding carboxylic acids is 3. The van der Waals surface area contributed by atoms with E-state index >= 15 is 13.2 Å². The van der Waals surface area contributed by atoms with E-state index in [4.69, 9.17) is 49.0 Å². The molecule has 3 saturated heterocycles. The minimum absolute atomic E-state index is 0.0000969. The lowest BCUT2D eigenvalue weighted by Gasteiger charge is -2.41. The largest absolute Gasteiger partial charge is 0.508 e. The minimum Gasteiger partial charge on any atom is -0.508 e.